The van der Waals surface area contributed by atoms with Gasteiger partial charge < -0.3 is 9.88 Å². The molecule has 2 aromatic carbocycles. The molecule has 0 saturated carbocycles. The van der Waals surface area contributed by atoms with Crippen LogP contribution in [0.3, 0.4) is 0 Å². The van der Waals surface area contributed by atoms with Crippen LogP contribution < -0.4 is 10.9 Å². The summed E-state index contributed by atoms with van der Waals surface area (Å²) in [7, 11) is 0. The number of anilines is 1. The van der Waals surface area contributed by atoms with Crippen LogP contribution >= 0.6 is 0 Å². The van der Waals surface area contributed by atoms with Gasteiger partial charge in [0.1, 0.15) is 0 Å². The van der Waals surface area contributed by atoms with Crippen molar-refractivity contribution in [1.29, 1.82) is 0 Å². The Labute approximate surface area is 123 Å². The second-order valence-electron chi connectivity index (χ2n) is 5.03. The summed E-state index contributed by atoms with van der Waals surface area (Å²) < 4.78 is 1.85. The second kappa shape index (κ2) is 6.27. The van der Waals surface area contributed by atoms with E-state index >= 15 is 0 Å². The first-order valence-electron chi connectivity index (χ1n) is 7.22. The van der Waals surface area contributed by atoms with Gasteiger partial charge in [0.05, 0.1) is 5.52 Å². The lowest BCUT2D eigenvalue weighted by molar-refractivity contribution is 0.661. The summed E-state index contributed by atoms with van der Waals surface area (Å²) in [6.07, 6.45) is 0.906. The highest BCUT2D eigenvalue weighted by molar-refractivity contribution is 5.78. The van der Waals surface area contributed by atoms with E-state index < -0.39 is 0 Å². The lowest BCUT2D eigenvalue weighted by Crippen LogP contribution is -2.20. The van der Waals surface area contributed by atoms with Crippen LogP contribution in [0, 0.1) is 0 Å². The van der Waals surface area contributed by atoms with Gasteiger partial charge in [0, 0.05) is 24.8 Å². The highest BCUT2D eigenvalue weighted by atomic mass is 16.1. The van der Waals surface area contributed by atoms with E-state index in [9.17, 15) is 4.79 Å². The van der Waals surface area contributed by atoms with Crippen molar-refractivity contribution < 1.29 is 0 Å². The van der Waals surface area contributed by atoms with Crippen molar-refractivity contribution in [2.24, 2.45) is 0 Å². The van der Waals surface area contributed by atoms with E-state index in [-0.39, 0.29) is 5.56 Å². The number of nitrogens with zero attached hydrogens (tertiary/aromatic N) is 1. The average Bonchev–Trinajstić information content (AvgIpc) is 2.54. The van der Waals surface area contributed by atoms with Gasteiger partial charge >= 0.3 is 0 Å². The Bertz CT molecular complexity index is 778. The first-order chi connectivity index (χ1) is 10.3. The summed E-state index contributed by atoms with van der Waals surface area (Å²) in [6, 6.07) is 21.6. The van der Waals surface area contributed by atoms with Gasteiger partial charge in [-0.2, -0.15) is 0 Å². The lowest BCUT2D eigenvalue weighted by atomic mass is 10.2. The van der Waals surface area contributed by atoms with E-state index in [0.29, 0.717) is 0 Å². The predicted octanol–water partition coefficient (Wildman–Crippen LogP) is 3.50. The molecule has 3 rings (SSSR count). The predicted molar refractivity (Wildman–Crippen MR) is 87.8 cm³/mol. The van der Waals surface area contributed by atoms with Crippen molar-refractivity contribution in [3.63, 3.8) is 0 Å². The molecule has 1 heterocycles. The molecular formula is C18H18N2O. The smallest absolute Gasteiger partial charge is 0.251 e. The Morgan fingerprint density at radius 2 is 1.62 bits per heavy atom. The van der Waals surface area contributed by atoms with Crippen LogP contribution in [0.5, 0.6) is 0 Å². The van der Waals surface area contributed by atoms with Crippen molar-refractivity contribution in [3.8, 4) is 0 Å². The van der Waals surface area contributed by atoms with Crippen molar-refractivity contribution in [2.75, 3.05) is 11.9 Å². The molecule has 0 spiro atoms. The molecule has 0 amide bonds. The van der Waals surface area contributed by atoms with Gasteiger partial charge in [-0.15, -0.1) is 0 Å². The van der Waals surface area contributed by atoms with Gasteiger partial charge in [-0.1, -0.05) is 36.4 Å². The van der Waals surface area contributed by atoms with E-state index in [1.54, 1.807) is 6.07 Å². The molecule has 1 N–H and O–H groups in total. The SMILES string of the molecule is O=c1ccc2ccccc2n1CCCNc1ccccc1. The molecule has 3 aromatic rings. The van der Waals surface area contributed by atoms with Gasteiger partial charge in [-0.05, 0) is 36.1 Å². The molecule has 21 heavy (non-hydrogen) atoms. The lowest BCUT2D eigenvalue weighted by Gasteiger charge is -2.11. The zero-order chi connectivity index (χ0) is 14.5. The second-order valence-corrected chi connectivity index (χ2v) is 5.03. The molecule has 0 unspecified atom stereocenters. The van der Waals surface area contributed by atoms with Gasteiger partial charge in [0.25, 0.3) is 5.56 Å². The number of aryl methyl sites for hydroxylation is 1. The van der Waals surface area contributed by atoms with E-state index in [4.69, 9.17) is 0 Å². The van der Waals surface area contributed by atoms with E-state index in [2.05, 4.69) is 5.32 Å². The molecule has 0 aliphatic heterocycles. The summed E-state index contributed by atoms with van der Waals surface area (Å²) in [6.45, 7) is 1.57. The fraction of sp³-hybridized carbons (Fsp3) is 0.167. The normalized spacial score (nSPS) is 10.7. The van der Waals surface area contributed by atoms with Gasteiger partial charge in [-0.3, -0.25) is 4.79 Å². The van der Waals surface area contributed by atoms with E-state index in [1.807, 2.05) is 65.2 Å². The van der Waals surface area contributed by atoms with Crippen molar-refractivity contribution in [3.05, 3.63) is 77.1 Å². The highest BCUT2D eigenvalue weighted by Crippen LogP contribution is 2.11. The van der Waals surface area contributed by atoms with Crippen LogP contribution in [0.1, 0.15) is 6.42 Å². The largest absolute Gasteiger partial charge is 0.385 e. The molecule has 3 nitrogen and oxygen atoms in total. The van der Waals surface area contributed by atoms with Crippen molar-refractivity contribution in [1.82, 2.24) is 4.57 Å². The number of rotatable bonds is 5. The molecule has 0 saturated heterocycles. The zero-order valence-corrected chi connectivity index (χ0v) is 11.8. The minimum Gasteiger partial charge on any atom is -0.385 e. The minimum absolute atomic E-state index is 0.0633. The number of pyridine rings is 1. The molecule has 0 atom stereocenters. The zero-order valence-electron chi connectivity index (χ0n) is 11.8. The molecule has 0 aliphatic carbocycles. The topological polar surface area (TPSA) is 34.0 Å². The maximum absolute atomic E-state index is 12.0. The number of benzene rings is 2. The molecular weight excluding hydrogens is 260 g/mol. The highest BCUT2D eigenvalue weighted by Gasteiger charge is 2.01. The summed E-state index contributed by atoms with van der Waals surface area (Å²) in [4.78, 5) is 12.0. The van der Waals surface area contributed by atoms with Crippen LogP contribution in [-0.2, 0) is 6.54 Å². The number of para-hydroxylation sites is 2. The molecule has 0 aliphatic rings. The molecule has 3 heteroatoms. The standard InChI is InChI=1S/C18H18N2O/c21-18-12-11-15-7-4-5-10-17(15)20(18)14-6-13-19-16-8-2-1-3-9-16/h1-5,7-12,19H,6,13-14H2. The number of fused-ring (bicyclic) bond motifs is 1. The van der Waals surface area contributed by atoms with Crippen LogP contribution in [-0.4, -0.2) is 11.1 Å². The summed E-state index contributed by atoms with van der Waals surface area (Å²) in [5.74, 6) is 0. The van der Waals surface area contributed by atoms with Crippen molar-refractivity contribution >= 4 is 16.6 Å². The molecule has 106 valence electrons. The Kier molecular flexibility index (Phi) is 4.01. The van der Waals surface area contributed by atoms with Gasteiger partial charge in [-0.25, -0.2) is 0 Å². The van der Waals surface area contributed by atoms with Gasteiger partial charge in [0.15, 0.2) is 0 Å². The maximum Gasteiger partial charge on any atom is 0.251 e. The number of nitrogens with one attached hydrogen (secondary N) is 1. The Morgan fingerprint density at radius 3 is 2.48 bits per heavy atom. The fourth-order valence-corrected chi connectivity index (χ4v) is 2.50. The van der Waals surface area contributed by atoms with Crippen LogP contribution in [0.4, 0.5) is 5.69 Å². The monoisotopic (exact) mass is 278 g/mol. The Balaban J connectivity index is 1.68. The third-order valence-electron chi connectivity index (χ3n) is 3.56. The van der Waals surface area contributed by atoms with Crippen molar-refractivity contribution in [2.45, 2.75) is 13.0 Å². The third kappa shape index (κ3) is 3.14. The molecule has 0 bridgehead atoms. The fourth-order valence-electron chi connectivity index (χ4n) is 2.50. The minimum atomic E-state index is 0.0633. The van der Waals surface area contributed by atoms with E-state index in [1.165, 1.54) is 0 Å². The average molecular weight is 278 g/mol. The van der Waals surface area contributed by atoms with Crippen LogP contribution in [0.15, 0.2) is 71.5 Å². The number of hydrogen-bond acceptors (Lipinski definition) is 2. The first kappa shape index (κ1) is 13.4. The van der Waals surface area contributed by atoms with Crippen LogP contribution in [0.2, 0.25) is 0 Å². The number of aromatic nitrogens is 1. The molecule has 1 aromatic heterocycles. The summed E-state index contributed by atoms with van der Waals surface area (Å²) >= 11 is 0. The quantitative estimate of drug-likeness (QED) is 0.725. The maximum atomic E-state index is 12.0. The third-order valence-corrected chi connectivity index (χ3v) is 3.56. The number of hydrogen-bond donors (Lipinski definition) is 1. The first-order valence-corrected chi connectivity index (χ1v) is 7.22. The Hall–Kier alpha value is -2.55. The van der Waals surface area contributed by atoms with Gasteiger partial charge in [0.2, 0.25) is 0 Å². The molecule has 0 radical (unpaired) electrons. The van der Waals surface area contributed by atoms with Crippen LogP contribution in [0.25, 0.3) is 10.9 Å². The van der Waals surface area contributed by atoms with E-state index in [0.717, 1.165) is 36.1 Å². The summed E-state index contributed by atoms with van der Waals surface area (Å²) in [5.41, 5.74) is 2.18. The Morgan fingerprint density at radius 1 is 0.857 bits per heavy atom. The summed E-state index contributed by atoms with van der Waals surface area (Å²) in [5, 5.41) is 4.47. The molecule has 0 fully saturated rings.